The van der Waals surface area contributed by atoms with Crippen LogP contribution in [0.15, 0.2) is 48.5 Å². The van der Waals surface area contributed by atoms with E-state index in [-0.39, 0.29) is 11.5 Å². The molecule has 0 bridgehead atoms. The van der Waals surface area contributed by atoms with Crippen molar-refractivity contribution in [3.05, 3.63) is 65.7 Å². The number of benzene rings is 2. The quantitative estimate of drug-likeness (QED) is 0.667. The van der Waals surface area contributed by atoms with Gasteiger partial charge in [0.1, 0.15) is 11.6 Å². The lowest BCUT2D eigenvalue weighted by Crippen LogP contribution is -2.09. The van der Waals surface area contributed by atoms with Gasteiger partial charge in [0.05, 0.1) is 11.4 Å². The molecule has 1 amide bonds. The maximum Gasteiger partial charge on any atom is 0.248 e. The van der Waals surface area contributed by atoms with Gasteiger partial charge in [-0.15, -0.1) is 0 Å². The molecule has 0 spiro atoms. The number of amides is 1. The van der Waals surface area contributed by atoms with Crippen LogP contribution in [0.2, 0.25) is 0 Å². The smallest absolute Gasteiger partial charge is 0.248 e. The predicted octanol–water partition coefficient (Wildman–Crippen LogP) is 3.20. The summed E-state index contributed by atoms with van der Waals surface area (Å²) in [5, 5.41) is 2.53. The molecule has 0 aromatic heterocycles. The Kier molecular flexibility index (Phi) is 4.10. The van der Waals surface area contributed by atoms with Gasteiger partial charge >= 0.3 is 0 Å². The lowest BCUT2D eigenvalue weighted by molar-refractivity contribution is -0.111. The van der Waals surface area contributed by atoms with E-state index in [0.29, 0.717) is 11.3 Å². The fourth-order valence-electron chi connectivity index (χ4n) is 1.57. The highest BCUT2D eigenvalue weighted by Crippen LogP contribution is 2.19. The third-order valence-corrected chi connectivity index (χ3v) is 2.57. The average Bonchev–Trinajstić information content (AvgIpc) is 2.41. The van der Waals surface area contributed by atoms with Gasteiger partial charge in [-0.2, -0.15) is 0 Å². The average molecular weight is 274 g/mol. The summed E-state index contributed by atoms with van der Waals surface area (Å²) < 4.78 is 25.6. The number of hydrogen-bond donors (Lipinski definition) is 2. The van der Waals surface area contributed by atoms with Crippen LogP contribution in [0.4, 0.5) is 20.2 Å². The van der Waals surface area contributed by atoms with Crippen molar-refractivity contribution in [1.29, 1.82) is 0 Å². The molecule has 2 aromatic carbocycles. The first-order valence-electron chi connectivity index (χ1n) is 5.84. The molecular weight excluding hydrogens is 262 g/mol. The first-order chi connectivity index (χ1) is 9.54. The molecule has 0 fully saturated rings. The molecule has 20 heavy (non-hydrogen) atoms. The van der Waals surface area contributed by atoms with Crippen molar-refractivity contribution in [3.8, 4) is 0 Å². The Morgan fingerprint density at radius 2 is 1.70 bits per heavy atom. The van der Waals surface area contributed by atoms with E-state index in [1.807, 2.05) is 0 Å². The van der Waals surface area contributed by atoms with Crippen LogP contribution >= 0.6 is 0 Å². The lowest BCUT2D eigenvalue weighted by atomic mass is 10.2. The lowest BCUT2D eigenvalue weighted by Gasteiger charge is -2.05. The Morgan fingerprint density at radius 3 is 2.35 bits per heavy atom. The number of rotatable bonds is 3. The van der Waals surface area contributed by atoms with Crippen LogP contribution < -0.4 is 11.1 Å². The highest BCUT2D eigenvalue weighted by Gasteiger charge is 2.03. The molecule has 0 radical (unpaired) electrons. The van der Waals surface area contributed by atoms with Gasteiger partial charge in [-0.3, -0.25) is 4.79 Å². The van der Waals surface area contributed by atoms with Gasteiger partial charge in [0.2, 0.25) is 5.91 Å². The first-order valence-corrected chi connectivity index (χ1v) is 5.84. The molecule has 3 nitrogen and oxygen atoms in total. The molecule has 2 aromatic rings. The Bertz CT molecular complexity index is 651. The van der Waals surface area contributed by atoms with Gasteiger partial charge in [0.15, 0.2) is 0 Å². The number of halogens is 2. The van der Waals surface area contributed by atoms with Gasteiger partial charge in [0, 0.05) is 6.08 Å². The minimum atomic E-state index is -0.470. The normalized spacial score (nSPS) is 10.7. The minimum Gasteiger partial charge on any atom is -0.397 e. The maximum atomic E-state index is 12.8. The summed E-state index contributed by atoms with van der Waals surface area (Å²) in [6.07, 6.45) is 2.82. The topological polar surface area (TPSA) is 55.1 Å². The Labute approximate surface area is 114 Å². The largest absolute Gasteiger partial charge is 0.397 e. The van der Waals surface area contributed by atoms with Crippen LogP contribution in [0, 0.1) is 11.6 Å². The summed E-state index contributed by atoms with van der Waals surface area (Å²) in [5.74, 6) is -1.22. The molecule has 0 heterocycles. The van der Waals surface area contributed by atoms with Crippen molar-refractivity contribution in [2.75, 3.05) is 11.1 Å². The van der Waals surface area contributed by atoms with Crippen molar-refractivity contribution in [3.63, 3.8) is 0 Å². The number of anilines is 2. The number of carbonyl (C=O) groups is 1. The van der Waals surface area contributed by atoms with Crippen LogP contribution in [0.1, 0.15) is 5.56 Å². The molecule has 0 atom stereocenters. The van der Waals surface area contributed by atoms with E-state index in [0.717, 1.165) is 6.07 Å². The van der Waals surface area contributed by atoms with Gasteiger partial charge in [-0.1, -0.05) is 12.1 Å². The van der Waals surface area contributed by atoms with Crippen LogP contribution in [0.25, 0.3) is 6.08 Å². The second-order valence-corrected chi connectivity index (χ2v) is 4.11. The molecule has 0 aliphatic heterocycles. The summed E-state index contributed by atoms with van der Waals surface area (Å²) >= 11 is 0. The van der Waals surface area contributed by atoms with Crippen molar-refractivity contribution in [1.82, 2.24) is 0 Å². The predicted molar refractivity (Wildman–Crippen MR) is 74.9 cm³/mol. The van der Waals surface area contributed by atoms with E-state index in [1.54, 1.807) is 12.1 Å². The van der Waals surface area contributed by atoms with Crippen LogP contribution in [0.3, 0.4) is 0 Å². The second kappa shape index (κ2) is 5.97. The summed E-state index contributed by atoms with van der Waals surface area (Å²) in [7, 11) is 0. The maximum absolute atomic E-state index is 12.8. The number of hydrogen-bond acceptors (Lipinski definition) is 2. The Morgan fingerprint density at radius 1 is 1.05 bits per heavy atom. The van der Waals surface area contributed by atoms with E-state index in [1.165, 1.54) is 36.4 Å². The van der Waals surface area contributed by atoms with Crippen LogP contribution in [-0.4, -0.2) is 5.91 Å². The van der Waals surface area contributed by atoms with E-state index < -0.39 is 11.7 Å². The van der Waals surface area contributed by atoms with Gasteiger partial charge in [0.25, 0.3) is 0 Å². The van der Waals surface area contributed by atoms with Crippen molar-refractivity contribution in [2.24, 2.45) is 0 Å². The van der Waals surface area contributed by atoms with Crippen LogP contribution in [-0.2, 0) is 4.79 Å². The van der Waals surface area contributed by atoms with Gasteiger partial charge < -0.3 is 11.1 Å². The van der Waals surface area contributed by atoms with Crippen LogP contribution in [0.5, 0.6) is 0 Å². The van der Waals surface area contributed by atoms with E-state index in [4.69, 9.17) is 5.73 Å². The molecule has 2 rings (SSSR count). The van der Waals surface area contributed by atoms with Gasteiger partial charge in [-0.05, 0) is 42.0 Å². The molecule has 5 heteroatoms. The first kappa shape index (κ1) is 13.7. The molecule has 0 aliphatic carbocycles. The summed E-state index contributed by atoms with van der Waals surface area (Å²) in [6, 6.07) is 9.41. The molecule has 0 unspecified atom stereocenters. The molecule has 0 aliphatic rings. The van der Waals surface area contributed by atoms with E-state index in [2.05, 4.69) is 5.32 Å². The summed E-state index contributed by atoms with van der Waals surface area (Å²) in [4.78, 5) is 11.7. The highest BCUT2D eigenvalue weighted by atomic mass is 19.1. The van der Waals surface area contributed by atoms with Crippen molar-refractivity contribution in [2.45, 2.75) is 0 Å². The number of carbonyl (C=O) groups excluding carboxylic acids is 1. The molecule has 3 N–H and O–H groups in total. The third kappa shape index (κ3) is 3.65. The van der Waals surface area contributed by atoms with Crippen molar-refractivity contribution >= 4 is 23.4 Å². The zero-order valence-electron chi connectivity index (χ0n) is 10.4. The number of nitrogens with one attached hydrogen (secondary N) is 1. The second-order valence-electron chi connectivity index (χ2n) is 4.11. The molecule has 0 saturated carbocycles. The van der Waals surface area contributed by atoms with E-state index in [9.17, 15) is 13.6 Å². The monoisotopic (exact) mass is 274 g/mol. The van der Waals surface area contributed by atoms with E-state index >= 15 is 0 Å². The number of nitrogens with two attached hydrogens (primary N) is 1. The minimum absolute atomic E-state index is 0.147. The fourth-order valence-corrected chi connectivity index (χ4v) is 1.57. The number of nitrogen functional groups attached to an aromatic ring is 1. The van der Waals surface area contributed by atoms with Crippen molar-refractivity contribution < 1.29 is 13.6 Å². The molecule has 102 valence electrons. The Balaban J connectivity index is 2.03. The molecule has 0 saturated heterocycles. The Hall–Kier alpha value is -2.69. The zero-order valence-corrected chi connectivity index (χ0v) is 10.4. The molecular formula is C15H12F2N2O. The summed E-state index contributed by atoms with van der Waals surface area (Å²) in [5.41, 5.74) is 6.74. The summed E-state index contributed by atoms with van der Waals surface area (Å²) in [6.45, 7) is 0. The zero-order chi connectivity index (χ0) is 14.5. The SMILES string of the molecule is Nc1cc(F)ccc1NC(=O)/C=C/c1ccc(F)cc1. The highest BCUT2D eigenvalue weighted by molar-refractivity contribution is 6.03. The van der Waals surface area contributed by atoms with Gasteiger partial charge in [-0.25, -0.2) is 8.78 Å². The third-order valence-electron chi connectivity index (χ3n) is 2.57. The fraction of sp³-hybridized carbons (Fsp3) is 0. The standard InChI is InChI=1S/C15H12F2N2O/c16-11-4-1-10(2-5-11)3-8-15(20)19-14-7-6-12(17)9-13(14)18/h1-9H,18H2,(H,19,20)/b8-3+.